The number of hydrogen-bond acceptors (Lipinski definition) is 7. The van der Waals surface area contributed by atoms with E-state index in [4.69, 9.17) is 27.9 Å². The van der Waals surface area contributed by atoms with Crippen LogP contribution in [0.15, 0.2) is 66.7 Å². The van der Waals surface area contributed by atoms with E-state index in [0.717, 1.165) is 0 Å². The van der Waals surface area contributed by atoms with Gasteiger partial charge in [0.2, 0.25) is 23.1 Å². The first-order valence-electron chi connectivity index (χ1n) is 11.5. The van der Waals surface area contributed by atoms with Crippen molar-refractivity contribution >= 4 is 58.1 Å². The Hall–Kier alpha value is -2.85. The van der Waals surface area contributed by atoms with E-state index in [1.807, 2.05) is 0 Å². The third kappa shape index (κ3) is 4.75. The average molecular weight is 574 g/mol. The molecule has 2 aliphatic rings. The van der Waals surface area contributed by atoms with E-state index >= 15 is 0 Å². The molecule has 1 spiro atoms. The minimum absolute atomic E-state index is 0. The zero-order valence-corrected chi connectivity index (χ0v) is 24.2. The number of fused-ring (bicyclic) bond motifs is 1. The molecule has 1 aliphatic carbocycles. The van der Waals surface area contributed by atoms with Crippen LogP contribution in [0.25, 0.3) is 0 Å². The molecule has 3 aromatic rings. The van der Waals surface area contributed by atoms with Gasteiger partial charge in [-0.3, -0.25) is 19.2 Å². The molecule has 1 N–H and O–H groups in total. The van der Waals surface area contributed by atoms with Crippen LogP contribution in [0.1, 0.15) is 49.7 Å². The summed E-state index contributed by atoms with van der Waals surface area (Å²) >= 11 is 12.2. The smallest absolute Gasteiger partial charge is 0.550 e. The normalized spacial score (nSPS) is 20.8. The maximum absolute atomic E-state index is 13.7. The first-order valence-corrected chi connectivity index (χ1v) is 12.3. The van der Waals surface area contributed by atoms with E-state index in [0.29, 0.717) is 5.56 Å². The van der Waals surface area contributed by atoms with E-state index in [1.54, 1.807) is 0 Å². The van der Waals surface area contributed by atoms with Gasteiger partial charge in [-0.15, -0.1) is 0 Å². The van der Waals surface area contributed by atoms with Gasteiger partial charge in [0.1, 0.15) is 0 Å². The maximum atomic E-state index is 13.7. The predicted octanol–water partition coefficient (Wildman–Crippen LogP) is 0.710. The molecule has 1 saturated heterocycles. The van der Waals surface area contributed by atoms with Gasteiger partial charge in [0.15, 0.2) is 5.78 Å². The molecule has 1 amide bonds. The Morgan fingerprint density at radius 2 is 1.49 bits per heavy atom. The van der Waals surface area contributed by atoms with Gasteiger partial charge in [-0.1, -0.05) is 53.5 Å². The molecule has 0 aromatic heterocycles. The van der Waals surface area contributed by atoms with E-state index in [1.165, 1.54) is 73.7 Å². The Kier molecular flexibility index (Phi) is 8.19. The summed E-state index contributed by atoms with van der Waals surface area (Å²) in [5.74, 6) is -8.08. The van der Waals surface area contributed by atoms with Crippen molar-refractivity contribution in [3.05, 3.63) is 99.0 Å². The summed E-state index contributed by atoms with van der Waals surface area (Å²) in [6, 6.07) is 16.1. The van der Waals surface area contributed by atoms with Crippen molar-refractivity contribution in [1.29, 1.82) is 0 Å². The number of amides is 1. The Morgan fingerprint density at radius 3 is 2.00 bits per heavy atom. The molecule has 0 bridgehead atoms. The molecule has 0 radical (unpaired) electrons. The number of ketones is 3. The Labute approximate surface area is 254 Å². The Bertz CT molecular complexity index is 1500. The Morgan fingerprint density at radius 1 is 0.897 bits per heavy atom. The summed E-state index contributed by atoms with van der Waals surface area (Å²) in [6.45, 7) is 1.39. The molecule has 1 fully saturated rings. The molecule has 1 heterocycles. The number of benzene rings is 3. The van der Waals surface area contributed by atoms with Crippen LogP contribution in [0.2, 0.25) is 10.0 Å². The number of nitrogens with one attached hydrogen (secondary N) is 1. The van der Waals surface area contributed by atoms with Gasteiger partial charge < -0.3 is 20.0 Å². The minimum atomic E-state index is -2.51. The third-order valence-corrected chi connectivity index (χ3v) is 7.65. The van der Waals surface area contributed by atoms with Crippen molar-refractivity contribution in [2.75, 3.05) is 5.32 Å². The summed E-state index contributed by atoms with van der Waals surface area (Å²) in [7, 11) is 0. The summed E-state index contributed by atoms with van der Waals surface area (Å²) in [5.41, 5.74) is -1.60. The quantitative estimate of drug-likeness (QED) is 0.270. The van der Waals surface area contributed by atoms with Crippen LogP contribution < -0.4 is 40.0 Å². The molecule has 5 rings (SSSR count). The van der Waals surface area contributed by atoms with Crippen LogP contribution in [0, 0.1) is 11.8 Å². The molecule has 39 heavy (non-hydrogen) atoms. The predicted molar refractivity (Wildman–Crippen MR) is 135 cm³/mol. The molecule has 3 atom stereocenters. The van der Waals surface area contributed by atoms with E-state index in [-0.39, 0.29) is 67.8 Å². The fraction of sp³-hybridized carbons (Fsp3) is 0.179. The van der Waals surface area contributed by atoms with E-state index < -0.39 is 47.0 Å². The van der Waals surface area contributed by atoms with Gasteiger partial charge in [-0.2, -0.15) is 0 Å². The second kappa shape index (κ2) is 11.0. The van der Waals surface area contributed by atoms with Crippen LogP contribution in [0.3, 0.4) is 0 Å². The first-order chi connectivity index (χ1) is 18.1. The molecule has 192 valence electrons. The number of carboxylic acid groups (broad SMARTS) is 1. The molecule has 11 heteroatoms. The van der Waals surface area contributed by atoms with Crippen molar-refractivity contribution in [1.82, 2.24) is 0 Å². The standard InChI is InChI=1S/C28H19Cl2NO7.Na/c1-13(32)14-6-9-16(10-7-14)31-26(35)21-22(27(36)37)28(24(33)17-4-2-3-5-18(17)25(28)34)38-23(21)15-8-11-19(29)20(30)12-15;/h2-12,21-23H,1H3,(H,31,35)(H,36,37);/q;+1/p-1/t21-,22-,23-;/m0./s1. The van der Waals surface area contributed by atoms with Crippen molar-refractivity contribution in [3.8, 4) is 0 Å². The topological polar surface area (TPSA) is 130 Å². The van der Waals surface area contributed by atoms with E-state index in [2.05, 4.69) is 5.32 Å². The van der Waals surface area contributed by atoms with Gasteiger partial charge in [-0.05, 0) is 48.9 Å². The monoisotopic (exact) mass is 573 g/mol. The fourth-order valence-electron chi connectivity index (χ4n) is 5.13. The van der Waals surface area contributed by atoms with Crippen LogP contribution >= 0.6 is 23.2 Å². The van der Waals surface area contributed by atoms with Gasteiger partial charge >= 0.3 is 29.6 Å². The third-order valence-electron chi connectivity index (χ3n) is 6.91. The number of Topliss-reactive ketones (excluding diaryl/α,β-unsaturated/α-hetero) is 3. The molecular weight excluding hydrogens is 556 g/mol. The summed E-state index contributed by atoms with van der Waals surface area (Å²) in [6.07, 6.45) is -1.37. The number of hydrogen-bond donors (Lipinski definition) is 1. The zero-order chi connectivity index (χ0) is 27.4. The number of carboxylic acids is 1. The SMILES string of the molecule is CC(=O)c1ccc(NC(=O)[C@H]2[C@@H](C(=O)[O-])C3(O[C@H]2c2ccc(Cl)c(Cl)c2)C(=O)c2ccccc2C3=O)cc1.[Na+]. The maximum Gasteiger partial charge on any atom is 1.00 e. The molecule has 3 aromatic carbocycles. The number of ether oxygens (including phenoxy) is 1. The molecule has 8 nitrogen and oxygen atoms in total. The van der Waals surface area contributed by atoms with E-state index in [9.17, 15) is 29.1 Å². The van der Waals surface area contributed by atoms with Gasteiger partial charge in [0.25, 0.3) is 0 Å². The molecule has 0 unspecified atom stereocenters. The zero-order valence-electron chi connectivity index (χ0n) is 20.7. The number of rotatable bonds is 5. The number of carbonyl (C=O) groups is 5. The van der Waals surface area contributed by atoms with Crippen molar-refractivity contribution in [2.45, 2.75) is 18.6 Å². The van der Waals surface area contributed by atoms with Gasteiger partial charge in [0.05, 0.1) is 28.0 Å². The van der Waals surface area contributed by atoms with Crippen LogP contribution in [-0.2, 0) is 14.3 Å². The number of anilines is 1. The number of aliphatic carboxylic acids is 1. The average Bonchev–Trinajstić information content (AvgIpc) is 3.36. The summed E-state index contributed by atoms with van der Waals surface area (Å²) in [5, 5.41) is 15.5. The molecular formula is C28H18Cl2NNaO7. The van der Waals surface area contributed by atoms with Crippen LogP contribution in [-0.4, -0.2) is 34.8 Å². The van der Waals surface area contributed by atoms with Crippen molar-refractivity contribution < 1.29 is 63.4 Å². The second-order valence-electron chi connectivity index (χ2n) is 9.10. The molecule has 0 saturated carbocycles. The summed E-state index contributed by atoms with van der Waals surface area (Å²) < 4.78 is 6.07. The van der Waals surface area contributed by atoms with Gasteiger partial charge in [0, 0.05) is 28.3 Å². The number of carbonyl (C=O) groups excluding carboxylic acids is 5. The van der Waals surface area contributed by atoms with Crippen LogP contribution in [0.4, 0.5) is 5.69 Å². The fourth-order valence-corrected chi connectivity index (χ4v) is 5.43. The van der Waals surface area contributed by atoms with Crippen molar-refractivity contribution in [2.24, 2.45) is 11.8 Å². The Balaban J connectivity index is 0.00000353. The second-order valence-corrected chi connectivity index (χ2v) is 9.91. The minimum Gasteiger partial charge on any atom is -0.550 e. The van der Waals surface area contributed by atoms with Gasteiger partial charge in [-0.25, -0.2) is 0 Å². The number of halogens is 2. The molecule has 1 aliphatic heterocycles. The largest absolute Gasteiger partial charge is 1.00 e. The first kappa shape index (κ1) is 29.1. The van der Waals surface area contributed by atoms with Crippen molar-refractivity contribution in [3.63, 3.8) is 0 Å². The van der Waals surface area contributed by atoms with Crippen LogP contribution in [0.5, 0.6) is 0 Å². The summed E-state index contributed by atoms with van der Waals surface area (Å²) in [4.78, 5) is 65.2.